The molecule has 18 heavy (non-hydrogen) atoms. The van der Waals surface area contributed by atoms with Crippen LogP contribution in [0.25, 0.3) is 10.9 Å². The summed E-state index contributed by atoms with van der Waals surface area (Å²) in [5.74, 6) is 0. The molecule has 1 aromatic carbocycles. The zero-order chi connectivity index (χ0) is 12.8. The van der Waals surface area contributed by atoms with Gasteiger partial charge < -0.3 is 10.1 Å². The molecule has 4 nitrogen and oxygen atoms in total. The Morgan fingerprint density at radius 1 is 1.44 bits per heavy atom. The number of aromatic nitrogens is 2. The third kappa shape index (κ3) is 1.82. The Morgan fingerprint density at radius 3 is 3.00 bits per heavy atom. The number of hydrogen-bond acceptors (Lipinski definition) is 3. The second kappa shape index (κ2) is 4.07. The van der Waals surface area contributed by atoms with Crippen molar-refractivity contribution in [1.29, 1.82) is 0 Å². The van der Waals surface area contributed by atoms with Crippen molar-refractivity contribution in [3.63, 3.8) is 0 Å². The van der Waals surface area contributed by atoms with Gasteiger partial charge in [-0.1, -0.05) is 18.2 Å². The molecule has 1 aliphatic rings. The summed E-state index contributed by atoms with van der Waals surface area (Å²) >= 11 is 0. The van der Waals surface area contributed by atoms with Crippen molar-refractivity contribution >= 4 is 10.9 Å². The van der Waals surface area contributed by atoms with E-state index in [1.165, 1.54) is 11.1 Å². The molecular formula is C14H19N3O. The van der Waals surface area contributed by atoms with Gasteiger partial charge in [-0.25, -0.2) is 0 Å². The van der Waals surface area contributed by atoms with Crippen LogP contribution in [0.5, 0.6) is 0 Å². The fourth-order valence-electron chi connectivity index (χ4n) is 2.72. The van der Waals surface area contributed by atoms with E-state index in [-0.39, 0.29) is 11.7 Å². The van der Waals surface area contributed by atoms with Gasteiger partial charge in [0.2, 0.25) is 0 Å². The number of fused-ring (bicyclic) bond motifs is 3. The average molecular weight is 245 g/mol. The molecule has 96 valence electrons. The van der Waals surface area contributed by atoms with E-state index in [4.69, 9.17) is 9.84 Å². The highest BCUT2D eigenvalue weighted by Crippen LogP contribution is 2.35. The lowest BCUT2D eigenvalue weighted by molar-refractivity contribution is -0.106. The van der Waals surface area contributed by atoms with Gasteiger partial charge in [-0.3, -0.25) is 4.68 Å². The summed E-state index contributed by atoms with van der Waals surface area (Å²) in [6.45, 7) is 5.84. The van der Waals surface area contributed by atoms with Crippen LogP contribution < -0.4 is 5.32 Å². The SMILES string of the molecule is CNC[C@H]1OC(C)(C)Cn2nc3ccccc3c21. The largest absolute Gasteiger partial charge is 0.363 e. The molecule has 4 heteroatoms. The number of rotatable bonds is 2. The van der Waals surface area contributed by atoms with Crippen LogP contribution in [0.2, 0.25) is 0 Å². The molecule has 1 aliphatic heterocycles. The van der Waals surface area contributed by atoms with Crippen molar-refractivity contribution in [2.75, 3.05) is 13.6 Å². The molecule has 2 aromatic rings. The van der Waals surface area contributed by atoms with Gasteiger partial charge in [0.25, 0.3) is 0 Å². The first-order valence-corrected chi connectivity index (χ1v) is 6.38. The van der Waals surface area contributed by atoms with E-state index in [0.717, 1.165) is 18.6 Å². The molecule has 0 radical (unpaired) electrons. The standard InChI is InChI=1S/C14H19N3O/c1-14(2)9-17-13(12(18-14)8-15-3)10-6-4-5-7-11(10)16-17/h4-7,12,15H,8-9H2,1-3H3/t12-/m1/s1. The molecule has 0 bridgehead atoms. The lowest BCUT2D eigenvalue weighted by atomic mass is 10.0. The lowest BCUT2D eigenvalue weighted by Crippen LogP contribution is -2.41. The van der Waals surface area contributed by atoms with Gasteiger partial charge in [0.05, 0.1) is 23.4 Å². The van der Waals surface area contributed by atoms with Crippen LogP contribution in [-0.2, 0) is 11.3 Å². The van der Waals surface area contributed by atoms with Crippen molar-refractivity contribution in [3.8, 4) is 0 Å². The van der Waals surface area contributed by atoms with Crippen LogP contribution in [0.1, 0.15) is 25.6 Å². The number of hydrogen-bond donors (Lipinski definition) is 1. The van der Waals surface area contributed by atoms with E-state index in [1.54, 1.807) is 0 Å². The maximum atomic E-state index is 6.18. The zero-order valence-corrected chi connectivity index (χ0v) is 11.1. The molecule has 3 rings (SSSR count). The Bertz CT molecular complexity index is 573. The molecule has 0 fully saturated rings. The predicted molar refractivity (Wildman–Crippen MR) is 71.6 cm³/mol. The Labute approximate surface area is 107 Å². The summed E-state index contributed by atoms with van der Waals surface area (Å²) in [5.41, 5.74) is 2.07. The number of nitrogens with zero attached hydrogens (tertiary/aromatic N) is 2. The van der Waals surface area contributed by atoms with Crippen LogP contribution >= 0.6 is 0 Å². The topological polar surface area (TPSA) is 39.1 Å². The van der Waals surface area contributed by atoms with E-state index >= 15 is 0 Å². The first-order chi connectivity index (χ1) is 8.61. The van der Waals surface area contributed by atoms with Gasteiger partial charge in [0.1, 0.15) is 6.10 Å². The van der Waals surface area contributed by atoms with Crippen molar-refractivity contribution < 1.29 is 4.74 Å². The van der Waals surface area contributed by atoms with Gasteiger partial charge in [-0.05, 0) is 27.0 Å². The van der Waals surface area contributed by atoms with E-state index in [0.29, 0.717) is 0 Å². The highest BCUT2D eigenvalue weighted by Gasteiger charge is 2.34. The van der Waals surface area contributed by atoms with Crippen LogP contribution in [0.3, 0.4) is 0 Å². The number of benzene rings is 1. The molecule has 0 aliphatic carbocycles. The first-order valence-electron chi connectivity index (χ1n) is 6.38. The third-order valence-electron chi connectivity index (χ3n) is 3.37. The average Bonchev–Trinajstić information content (AvgIpc) is 2.65. The molecule has 0 saturated heterocycles. The summed E-state index contributed by atoms with van der Waals surface area (Å²) in [6.07, 6.45) is 0.0613. The van der Waals surface area contributed by atoms with Gasteiger partial charge >= 0.3 is 0 Å². The summed E-state index contributed by atoms with van der Waals surface area (Å²) in [5, 5.41) is 9.10. The quantitative estimate of drug-likeness (QED) is 0.880. The van der Waals surface area contributed by atoms with Crippen LogP contribution in [-0.4, -0.2) is 29.0 Å². The minimum Gasteiger partial charge on any atom is -0.363 e. The fourth-order valence-corrected chi connectivity index (χ4v) is 2.72. The molecule has 0 saturated carbocycles. The maximum absolute atomic E-state index is 6.18. The number of ether oxygens (including phenoxy) is 1. The van der Waals surface area contributed by atoms with Crippen LogP contribution in [0, 0.1) is 0 Å². The first kappa shape index (κ1) is 11.7. The molecule has 1 atom stereocenters. The molecule has 1 N–H and O–H groups in total. The summed E-state index contributed by atoms with van der Waals surface area (Å²) in [4.78, 5) is 0. The van der Waals surface area contributed by atoms with Gasteiger partial charge in [0, 0.05) is 11.9 Å². The Hall–Kier alpha value is -1.39. The number of likely N-dealkylation sites (N-methyl/N-ethyl adjacent to an activating group) is 1. The fraction of sp³-hybridized carbons (Fsp3) is 0.500. The molecule has 2 heterocycles. The maximum Gasteiger partial charge on any atom is 0.113 e. The molecule has 0 amide bonds. The molecule has 1 aromatic heterocycles. The highest BCUT2D eigenvalue weighted by molar-refractivity contribution is 5.82. The summed E-state index contributed by atoms with van der Waals surface area (Å²) < 4.78 is 8.29. The Kier molecular flexibility index (Phi) is 2.64. The van der Waals surface area contributed by atoms with Crippen molar-refractivity contribution in [3.05, 3.63) is 30.0 Å². The smallest absolute Gasteiger partial charge is 0.113 e. The van der Waals surface area contributed by atoms with Gasteiger partial charge in [-0.2, -0.15) is 5.10 Å². The monoisotopic (exact) mass is 245 g/mol. The minimum atomic E-state index is -0.170. The molecular weight excluding hydrogens is 226 g/mol. The van der Waals surface area contributed by atoms with Gasteiger partial charge in [-0.15, -0.1) is 0 Å². The van der Waals surface area contributed by atoms with Crippen LogP contribution in [0.4, 0.5) is 0 Å². The summed E-state index contributed by atoms with van der Waals surface area (Å²) in [7, 11) is 1.95. The van der Waals surface area contributed by atoms with E-state index in [9.17, 15) is 0 Å². The van der Waals surface area contributed by atoms with Crippen LogP contribution in [0.15, 0.2) is 24.3 Å². The van der Waals surface area contributed by atoms with E-state index in [2.05, 4.69) is 42.0 Å². The highest BCUT2D eigenvalue weighted by atomic mass is 16.5. The second-order valence-electron chi connectivity index (χ2n) is 5.48. The minimum absolute atomic E-state index is 0.0613. The van der Waals surface area contributed by atoms with E-state index < -0.39 is 0 Å². The lowest BCUT2D eigenvalue weighted by Gasteiger charge is -2.36. The zero-order valence-electron chi connectivity index (χ0n) is 11.1. The Balaban J connectivity index is 2.17. The van der Waals surface area contributed by atoms with E-state index in [1.807, 2.05) is 13.1 Å². The molecule has 0 spiro atoms. The van der Waals surface area contributed by atoms with Crippen molar-refractivity contribution in [1.82, 2.24) is 15.1 Å². The normalized spacial score (nSPS) is 22.1. The number of nitrogens with one attached hydrogen (secondary N) is 1. The van der Waals surface area contributed by atoms with Crippen molar-refractivity contribution in [2.45, 2.75) is 32.1 Å². The van der Waals surface area contributed by atoms with Crippen molar-refractivity contribution in [2.24, 2.45) is 0 Å². The third-order valence-corrected chi connectivity index (χ3v) is 3.37. The predicted octanol–water partition coefficient (Wildman–Crippen LogP) is 2.11. The second-order valence-corrected chi connectivity index (χ2v) is 5.48. The summed E-state index contributed by atoms with van der Waals surface area (Å²) in [6, 6.07) is 8.27. The Morgan fingerprint density at radius 2 is 2.22 bits per heavy atom. The molecule has 0 unspecified atom stereocenters. The van der Waals surface area contributed by atoms with Gasteiger partial charge in [0.15, 0.2) is 0 Å².